The lowest BCUT2D eigenvalue weighted by Crippen LogP contribution is -2.16. The van der Waals surface area contributed by atoms with E-state index >= 15 is 0 Å². The first-order chi connectivity index (χ1) is 5.24. The van der Waals surface area contributed by atoms with E-state index in [-0.39, 0.29) is 18.2 Å². The zero-order chi connectivity index (χ0) is 8.27. The average molecular weight is 252 g/mol. The Morgan fingerprint density at radius 3 is 2.67 bits per heavy atom. The van der Waals surface area contributed by atoms with Gasteiger partial charge in [0.2, 0.25) is 0 Å². The Balaban J connectivity index is 0.00000121. The molecule has 12 heavy (non-hydrogen) atoms. The van der Waals surface area contributed by atoms with Crippen LogP contribution in [-0.2, 0) is 0 Å². The smallest absolute Gasteiger partial charge is 0.169 e. The number of hydrogen-bond donors (Lipinski definition) is 2. The van der Waals surface area contributed by atoms with Crippen molar-refractivity contribution in [3.63, 3.8) is 0 Å². The average Bonchev–Trinajstić information content (AvgIpc) is 2.03. The van der Waals surface area contributed by atoms with Gasteiger partial charge in [0.1, 0.15) is 10.3 Å². The second-order valence-corrected chi connectivity index (χ2v) is 2.67. The van der Waals surface area contributed by atoms with Gasteiger partial charge in [-0.25, -0.2) is 4.98 Å². The van der Waals surface area contributed by atoms with Gasteiger partial charge in [0.25, 0.3) is 0 Å². The predicted octanol–water partition coefficient (Wildman–Crippen LogP) is 0.845. The Labute approximate surface area is 84.6 Å². The molecule has 0 saturated carbocycles. The monoisotopic (exact) mass is 250 g/mol. The molecule has 1 aromatic heterocycles. The molecule has 1 aromatic rings. The van der Waals surface area contributed by atoms with Crippen molar-refractivity contribution in [3.8, 4) is 0 Å². The van der Waals surface area contributed by atoms with Crippen LogP contribution in [0.5, 0.6) is 0 Å². The van der Waals surface area contributed by atoms with Crippen molar-refractivity contribution in [2.24, 2.45) is 16.7 Å². The van der Waals surface area contributed by atoms with Crippen LogP contribution in [0.4, 0.5) is 0 Å². The molecule has 0 saturated heterocycles. The van der Waals surface area contributed by atoms with Crippen LogP contribution < -0.4 is 11.6 Å². The van der Waals surface area contributed by atoms with Crippen molar-refractivity contribution in [3.05, 3.63) is 28.5 Å². The number of halogens is 2. The molecule has 0 radical (unpaired) electrons. The van der Waals surface area contributed by atoms with E-state index in [2.05, 4.69) is 26.0 Å². The minimum absolute atomic E-state index is 0. The van der Waals surface area contributed by atoms with Crippen LogP contribution in [0.2, 0.25) is 0 Å². The minimum atomic E-state index is 0. The first-order valence-electron chi connectivity index (χ1n) is 2.90. The number of hydrogen-bond acceptors (Lipinski definition) is 3. The molecule has 0 fully saturated rings. The number of nitrogens with two attached hydrogens (primary N) is 2. The van der Waals surface area contributed by atoms with Crippen LogP contribution in [0.1, 0.15) is 5.69 Å². The highest BCUT2D eigenvalue weighted by molar-refractivity contribution is 9.10. The van der Waals surface area contributed by atoms with Crippen molar-refractivity contribution in [1.82, 2.24) is 4.98 Å². The lowest BCUT2D eigenvalue weighted by molar-refractivity contribution is 1.18. The van der Waals surface area contributed by atoms with Gasteiger partial charge in [0.15, 0.2) is 5.84 Å². The molecule has 0 aromatic carbocycles. The second kappa shape index (κ2) is 4.95. The van der Waals surface area contributed by atoms with Crippen molar-refractivity contribution in [1.29, 1.82) is 0 Å². The van der Waals surface area contributed by atoms with Crippen LogP contribution in [0, 0.1) is 0 Å². The maximum Gasteiger partial charge on any atom is 0.169 e. The highest BCUT2D eigenvalue weighted by Gasteiger charge is 1.98. The van der Waals surface area contributed by atoms with E-state index in [0.717, 1.165) is 0 Å². The Hall–Kier alpha value is -0.810. The third-order valence-electron chi connectivity index (χ3n) is 1.12. The van der Waals surface area contributed by atoms with E-state index in [1.807, 2.05) is 6.07 Å². The fourth-order valence-corrected chi connectivity index (χ4v) is 0.961. The van der Waals surface area contributed by atoms with Gasteiger partial charge in [0.05, 0.1) is 0 Å². The summed E-state index contributed by atoms with van der Waals surface area (Å²) >= 11 is 3.20. The van der Waals surface area contributed by atoms with Crippen LogP contribution in [0.3, 0.4) is 0 Å². The van der Waals surface area contributed by atoms with Gasteiger partial charge in [0, 0.05) is 0 Å². The van der Waals surface area contributed by atoms with Crippen molar-refractivity contribution in [2.45, 2.75) is 0 Å². The molecule has 66 valence electrons. The number of hydrazone groups is 1. The Morgan fingerprint density at radius 1 is 1.50 bits per heavy atom. The van der Waals surface area contributed by atoms with Crippen molar-refractivity contribution < 1.29 is 0 Å². The molecule has 0 atom stereocenters. The summed E-state index contributed by atoms with van der Waals surface area (Å²) in [6, 6.07) is 5.34. The van der Waals surface area contributed by atoms with E-state index in [0.29, 0.717) is 10.3 Å². The molecule has 0 aliphatic carbocycles. The molecular formula is C6H8BrClN4. The summed E-state index contributed by atoms with van der Waals surface area (Å²) in [6.45, 7) is 0. The van der Waals surface area contributed by atoms with Gasteiger partial charge in [-0.1, -0.05) is 6.07 Å². The third kappa shape index (κ3) is 2.67. The van der Waals surface area contributed by atoms with E-state index in [1.165, 1.54) is 0 Å². The zero-order valence-electron chi connectivity index (χ0n) is 6.07. The van der Waals surface area contributed by atoms with E-state index in [1.54, 1.807) is 12.1 Å². The minimum Gasteiger partial charge on any atom is -0.380 e. The summed E-state index contributed by atoms with van der Waals surface area (Å²) in [5.74, 6) is 5.19. The standard InChI is InChI=1S/C6H7BrN4.ClH/c7-5-3-1-2-4(10-5)6(8)11-9;/h1-3H,9H2,(H2,8,11);1H. The summed E-state index contributed by atoms with van der Waals surface area (Å²) in [5, 5.41) is 3.31. The lowest BCUT2D eigenvalue weighted by atomic mass is 10.3. The SMILES string of the molecule is Cl.NN=C(N)c1cccc(Br)n1. The summed E-state index contributed by atoms with van der Waals surface area (Å²) < 4.78 is 0.710. The van der Waals surface area contributed by atoms with Gasteiger partial charge < -0.3 is 11.6 Å². The van der Waals surface area contributed by atoms with Crippen LogP contribution in [0.15, 0.2) is 27.9 Å². The maximum atomic E-state index is 5.40. The van der Waals surface area contributed by atoms with Crippen LogP contribution in [-0.4, -0.2) is 10.8 Å². The predicted molar refractivity (Wildman–Crippen MR) is 54.1 cm³/mol. The summed E-state index contributed by atoms with van der Waals surface area (Å²) in [6.07, 6.45) is 0. The van der Waals surface area contributed by atoms with Crippen LogP contribution in [0.25, 0.3) is 0 Å². The number of nitrogens with zero attached hydrogens (tertiary/aromatic N) is 2. The number of pyridine rings is 1. The molecule has 0 aliphatic rings. The number of rotatable bonds is 1. The molecule has 0 spiro atoms. The highest BCUT2D eigenvalue weighted by atomic mass is 79.9. The molecule has 0 unspecified atom stereocenters. The zero-order valence-corrected chi connectivity index (χ0v) is 8.47. The van der Waals surface area contributed by atoms with Crippen LogP contribution >= 0.6 is 28.3 Å². The maximum absolute atomic E-state index is 5.40. The lowest BCUT2D eigenvalue weighted by Gasteiger charge is -1.96. The summed E-state index contributed by atoms with van der Waals surface area (Å²) in [7, 11) is 0. The topological polar surface area (TPSA) is 77.3 Å². The normalized spacial score (nSPS) is 10.6. The fraction of sp³-hybridized carbons (Fsp3) is 0. The molecule has 6 heteroatoms. The Bertz CT molecular complexity index is 289. The largest absolute Gasteiger partial charge is 0.380 e. The number of aromatic nitrogens is 1. The summed E-state index contributed by atoms with van der Waals surface area (Å²) in [5.41, 5.74) is 5.98. The first kappa shape index (κ1) is 11.2. The van der Waals surface area contributed by atoms with Gasteiger partial charge in [-0.2, -0.15) is 5.10 Å². The highest BCUT2D eigenvalue weighted by Crippen LogP contribution is 2.05. The van der Waals surface area contributed by atoms with E-state index < -0.39 is 0 Å². The molecule has 0 amide bonds. The van der Waals surface area contributed by atoms with Gasteiger partial charge in [-0.05, 0) is 28.1 Å². The third-order valence-corrected chi connectivity index (χ3v) is 1.56. The quantitative estimate of drug-likeness (QED) is 0.255. The van der Waals surface area contributed by atoms with Crippen molar-refractivity contribution in [2.75, 3.05) is 0 Å². The molecule has 1 heterocycles. The van der Waals surface area contributed by atoms with Crippen molar-refractivity contribution >= 4 is 34.2 Å². The number of amidine groups is 1. The second-order valence-electron chi connectivity index (χ2n) is 1.86. The van der Waals surface area contributed by atoms with E-state index in [4.69, 9.17) is 11.6 Å². The van der Waals surface area contributed by atoms with Gasteiger partial charge in [-0.3, -0.25) is 0 Å². The molecular weight excluding hydrogens is 243 g/mol. The molecule has 4 nitrogen and oxygen atoms in total. The van der Waals surface area contributed by atoms with Gasteiger partial charge in [-0.15, -0.1) is 12.4 Å². The fourth-order valence-electron chi connectivity index (χ4n) is 0.617. The molecule has 0 aliphatic heterocycles. The first-order valence-corrected chi connectivity index (χ1v) is 3.69. The molecule has 4 N–H and O–H groups in total. The Kier molecular flexibility index (Phi) is 4.61. The molecule has 0 bridgehead atoms. The summed E-state index contributed by atoms with van der Waals surface area (Å²) in [4.78, 5) is 4.02. The Morgan fingerprint density at radius 2 is 2.17 bits per heavy atom. The molecule has 1 rings (SSSR count). The van der Waals surface area contributed by atoms with Gasteiger partial charge >= 0.3 is 0 Å². The van der Waals surface area contributed by atoms with E-state index in [9.17, 15) is 0 Å².